The van der Waals surface area contributed by atoms with Gasteiger partial charge in [0.05, 0.1) is 45.7 Å². The van der Waals surface area contributed by atoms with E-state index in [4.69, 9.17) is 18.9 Å². The minimum Gasteiger partial charge on any atom is -0.480 e. The number of ether oxygens (including phenoxy) is 4. The van der Waals surface area contributed by atoms with Gasteiger partial charge in [0, 0.05) is 38.9 Å². The summed E-state index contributed by atoms with van der Waals surface area (Å²) in [5.41, 5.74) is 0. The van der Waals surface area contributed by atoms with Gasteiger partial charge in [-0.3, -0.25) is 28.8 Å². The van der Waals surface area contributed by atoms with Crippen LogP contribution in [0.4, 0.5) is 0 Å². The van der Waals surface area contributed by atoms with Gasteiger partial charge >= 0.3 is 11.9 Å². The van der Waals surface area contributed by atoms with E-state index in [2.05, 4.69) is 45.7 Å². The molecule has 0 saturated heterocycles. The number of ketones is 1. The Kier molecular flexibility index (Phi) is 43.1. The molecule has 70 heavy (non-hydrogen) atoms. The maximum atomic E-state index is 12.4. The number of nitrogens with one attached hydrogen (secondary N) is 6. The smallest absolute Gasteiger partial charge is 0.326 e. The monoisotopic (exact) mass is 1000 g/mol. The zero-order valence-corrected chi connectivity index (χ0v) is 43.1. The number of hydrogen-bond donors (Lipinski definition) is 8. The quantitative estimate of drug-likeness (QED) is 0.0394. The molecule has 0 aliphatic heterocycles. The highest BCUT2D eigenvalue weighted by molar-refractivity contribution is 5.85. The lowest BCUT2D eigenvalue weighted by Gasteiger charge is -2.15. The Balaban J connectivity index is 3.80. The number of aliphatic carboxylic acids is 2. The first-order valence-electron chi connectivity index (χ1n) is 26.0. The third-order valence-electron chi connectivity index (χ3n) is 11.5. The summed E-state index contributed by atoms with van der Waals surface area (Å²) in [6, 6.07) is -2.62. The summed E-state index contributed by atoms with van der Waals surface area (Å²) in [7, 11) is 1.72. The van der Waals surface area contributed by atoms with Gasteiger partial charge in [-0.05, 0) is 58.4 Å². The summed E-state index contributed by atoms with van der Waals surface area (Å²) in [4.78, 5) is 95.6. The van der Waals surface area contributed by atoms with Crippen LogP contribution in [0.1, 0.15) is 168 Å². The third-order valence-corrected chi connectivity index (χ3v) is 11.5. The van der Waals surface area contributed by atoms with E-state index >= 15 is 0 Å². The average Bonchev–Trinajstić information content (AvgIpc) is 3.31. The second-order valence-electron chi connectivity index (χ2n) is 18.2. The molecule has 0 bridgehead atoms. The van der Waals surface area contributed by atoms with Crippen LogP contribution in [0.5, 0.6) is 0 Å². The van der Waals surface area contributed by atoms with Gasteiger partial charge in [-0.25, -0.2) is 9.59 Å². The Labute approximate surface area is 417 Å². The molecular formula is C50H92N6O14. The van der Waals surface area contributed by atoms with Crippen molar-refractivity contribution in [3.8, 4) is 0 Å². The van der Waals surface area contributed by atoms with Gasteiger partial charge in [0.25, 0.3) is 0 Å². The number of rotatable bonds is 50. The van der Waals surface area contributed by atoms with E-state index in [9.17, 15) is 48.6 Å². The van der Waals surface area contributed by atoms with E-state index < -0.39 is 36.5 Å². The first-order valence-corrected chi connectivity index (χ1v) is 26.0. The van der Waals surface area contributed by atoms with E-state index in [1.165, 1.54) is 77.6 Å². The molecule has 0 aliphatic carbocycles. The van der Waals surface area contributed by atoms with Gasteiger partial charge in [-0.2, -0.15) is 0 Å². The van der Waals surface area contributed by atoms with Crippen molar-refractivity contribution < 1.29 is 67.5 Å². The van der Waals surface area contributed by atoms with Crippen molar-refractivity contribution in [1.29, 1.82) is 0 Å². The second-order valence-corrected chi connectivity index (χ2v) is 18.2. The minimum absolute atomic E-state index is 0.0291. The molecule has 20 heteroatoms. The zero-order chi connectivity index (χ0) is 52.0. The first kappa shape index (κ1) is 65.8. The van der Waals surface area contributed by atoms with E-state index in [0.717, 1.165) is 31.6 Å². The van der Waals surface area contributed by atoms with Crippen LogP contribution in [0.2, 0.25) is 0 Å². The van der Waals surface area contributed by atoms with E-state index in [-0.39, 0.29) is 127 Å². The minimum atomic E-state index is -1.28. The van der Waals surface area contributed by atoms with Crippen molar-refractivity contribution in [3.05, 3.63) is 0 Å². The number of carboxylic acids is 2. The summed E-state index contributed by atoms with van der Waals surface area (Å²) >= 11 is 0. The SMILES string of the molecule is CN[C@@H](CCCCNC(=O)CC[C@H](NC(=O)COCCOCCNC(=O)COCCOCCNC(=O)CC[C@H](NC(=O)CCCCCCCCCCCCCCCCC(C)C)C(=O)O)C(=O)O)C(C)=O. The summed E-state index contributed by atoms with van der Waals surface area (Å²) in [6.45, 7) is 7.08. The Hall–Kier alpha value is -4.24. The summed E-state index contributed by atoms with van der Waals surface area (Å²) in [6.07, 6.45) is 20.4. The molecule has 0 aromatic rings. The number of hydrogen-bond acceptors (Lipinski definition) is 13. The summed E-state index contributed by atoms with van der Waals surface area (Å²) < 4.78 is 21.3. The van der Waals surface area contributed by atoms with Gasteiger partial charge in [0.2, 0.25) is 29.5 Å². The average molecular weight is 1000 g/mol. The molecule has 0 unspecified atom stereocenters. The van der Waals surface area contributed by atoms with E-state index in [0.29, 0.717) is 25.8 Å². The lowest BCUT2D eigenvalue weighted by Crippen LogP contribution is -2.43. The third kappa shape index (κ3) is 42.6. The van der Waals surface area contributed by atoms with Crippen molar-refractivity contribution in [2.75, 3.05) is 79.5 Å². The molecule has 0 aliphatic rings. The van der Waals surface area contributed by atoms with Crippen molar-refractivity contribution in [3.63, 3.8) is 0 Å². The molecule has 8 N–H and O–H groups in total. The molecule has 3 atom stereocenters. The van der Waals surface area contributed by atoms with Crippen molar-refractivity contribution in [2.45, 2.75) is 187 Å². The Morgan fingerprint density at radius 2 is 0.800 bits per heavy atom. The molecule has 0 rings (SSSR count). The number of Topliss-reactive ketones (excluding diaryl/α,β-unsaturated/α-hetero) is 1. The summed E-state index contributed by atoms with van der Waals surface area (Å²) in [5, 5.41) is 34.8. The highest BCUT2D eigenvalue weighted by atomic mass is 16.5. The Bertz CT molecular complexity index is 1440. The van der Waals surface area contributed by atoms with Crippen LogP contribution in [0, 0.1) is 5.92 Å². The van der Waals surface area contributed by atoms with Gasteiger partial charge in [0.1, 0.15) is 31.1 Å². The fourth-order valence-electron chi connectivity index (χ4n) is 7.30. The maximum absolute atomic E-state index is 12.4. The standard InChI is InChI=1S/C50H92N6O14/c1-39(2)21-17-15-13-11-9-7-5-6-8-10-12-14-16-18-23-46(60)55-42(49(63)64)24-27-45(59)53-29-31-67-33-35-69-37-47(61)54-30-32-68-34-36-70-38-48(62)56-43(50(65)66)25-26-44(58)52-28-20-19-22-41(51-4)40(3)57/h39,41-43,51H,5-38H2,1-4H3,(H,52,58)(H,53,59)(H,54,61)(H,55,60)(H,56,62)(H,63,64)(H,65,66)/t41-,42-,43-/m0/s1. The maximum Gasteiger partial charge on any atom is 0.326 e. The molecule has 406 valence electrons. The molecule has 5 amide bonds. The normalized spacial score (nSPS) is 12.5. The van der Waals surface area contributed by atoms with E-state index in [1.54, 1.807) is 7.05 Å². The number of unbranched alkanes of at least 4 members (excludes halogenated alkanes) is 14. The first-order chi connectivity index (χ1) is 33.7. The lowest BCUT2D eigenvalue weighted by molar-refractivity contribution is -0.143. The Morgan fingerprint density at radius 1 is 0.400 bits per heavy atom. The molecule has 0 radical (unpaired) electrons. The lowest BCUT2D eigenvalue weighted by atomic mass is 10.0. The topological polar surface area (TPSA) is 286 Å². The number of amides is 5. The highest BCUT2D eigenvalue weighted by Gasteiger charge is 2.22. The van der Waals surface area contributed by atoms with Crippen LogP contribution in [-0.4, -0.2) is 155 Å². The van der Waals surface area contributed by atoms with Crippen molar-refractivity contribution in [2.24, 2.45) is 5.92 Å². The van der Waals surface area contributed by atoms with Crippen LogP contribution in [0.25, 0.3) is 0 Å². The van der Waals surface area contributed by atoms with Crippen LogP contribution in [-0.2, 0) is 57.3 Å². The fourth-order valence-corrected chi connectivity index (χ4v) is 7.30. The second kappa shape index (κ2) is 45.9. The zero-order valence-electron chi connectivity index (χ0n) is 43.1. The van der Waals surface area contributed by atoms with E-state index in [1.807, 2.05) is 0 Å². The predicted molar refractivity (Wildman–Crippen MR) is 266 cm³/mol. The van der Waals surface area contributed by atoms with Crippen LogP contribution >= 0.6 is 0 Å². The molecule has 0 spiro atoms. The van der Waals surface area contributed by atoms with Crippen LogP contribution < -0.4 is 31.9 Å². The number of carbonyl (C=O) groups excluding carboxylic acids is 6. The molecular weight excluding hydrogens is 909 g/mol. The number of carbonyl (C=O) groups is 8. The van der Waals surface area contributed by atoms with Crippen molar-refractivity contribution >= 4 is 47.3 Å². The molecule has 0 heterocycles. The van der Waals surface area contributed by atoms with Crippen LogP contribution in [0.3, 0.4) is 0 Å². The largest absolute Gasteiger partial charge is 0.480 e. The number of carboxylic acid groups (broad SMARTS) is 2. The molecule has 20 nitrogen and oxygen atoms in total. The van der Waals surface area contributed by atoms with Crippen molar-refractivity contribution in [1.82, 2.24) is 31.9 Å². The molecule has 0 saturated carbocycles. The molecule has 0 aromatic carbocycles. The fraction of sp³-hybridized carbons (Fsp3) is 0.840. The van der Waals surface area contributed by atoms with Gasteiger partial charge in [-0.1, -0.05) is 104 Å². The summed E-state index contributed by atoms with van der Waals surface area (Å²) in [5.74, 6) is -3.64. The van der Waals surface area contributed by atoms with Gasteiger partial charge in [0.15, 0.2) is 0 Å². The number of likely N-dealkylation sites (N-methyl/N-ethyl adjacent to an activating group) is 1. The predicted octanol–water partition coefficient (Wildman–Crippen LogP) is 4.35. The Morgan fingerprint density at radius 3 is 1.26 bits per heavy atom. The van der Waals surface area contributed by atoms with Gasteiger partial charge in [-0.15, -0.1) is 0 Å². The molecule has 0 aromatic heterocycles. The highest BCUT2D eigenvalue weighted by Crippen LogP contribution is 2.15. The molecule has 0 fully saturated rings. The van der Waals surface area contributed by atoms with Gasteiger partial charge < -0.3 is 61.1 Å². The van der Waals surface area contributed by atoms with Crippen LogP contribution in [0.15, 0.2) is 0 Å².